The van der Waals surface area contributed by atoms with Gasteiger partial charge in [0.15, 0.2) is 0 Å². The smallest absolute Gasteiger partial charge is 0.320 e. The lowest BCUT2D eigenvalue weighted by atomic mass is 10.0. The third-order valence-corrected chi connectivity index (χ3v) is 7.47. The number of amides is 2. The quantitative estimate of drug-likeness (QED) is 0.163. The summed E-state index contributed by atoms with van der Waals surface area (Å²) >= 11 is 1.53. The molecule has 0 unspecified atom stereocenters. The first-order valence-corrected chi connectivity index (χ1v) is 13.7. The first kappa shape index (κ1) is 27.9. The number of benzene rings is 3. The predicted molar refractivity (Wildman–Crippen MR) is 156 cm³/mol. The summed E-state index contributed by atoms with van der Waals surface area (Å²) in [5.41, 5.74) is 4.61. The molecule has 0 atom stereocenters. The second-order valence-electron chi connectivity index (χ2n) is 9.66. The number of carbonyl (C=O) groups is 1. The van der Waals surface area contributed by atoms with E-state index in [1.54, 1.807) is 23.2 Å². The van der Waals surface area contributed by atoms with Gasteiger partial charge in [-0.15, -0.1) is 0 Å². The van der Waals surface area contributed by atoms with Crippen molar-refractivity contribution in [3.63, 3.8) is 0 Å². The van der Waals surface area contributed by atoms with Crippen molar-refractivity contribution in [3.8, 4) is 0 Å². The second-order valence-corrected chi connectivity index (χ2v) is 10.8. The molecule has 39 heavy (non-hydrogen) atoms. The number of nitro groups is 1. The number of hydrogen-bond donors (Lipinski definition) is 1. The van der Waals surface area contributed by atoms with Crippen LogP contribution in [0.1, 0.15) is 42.1 Å². The molecular weight excluding hydrogens is 508 g/mol. The standard InChI is InChI=1S/C31H32N4O3S/c1-22(2)24-9-11-27(12-10-24)33-31(36)34(19-17-26-6-4-5-18-32-26)21-25-20-28(35(37)38)13-16-30(25)39-29-14-7-23(3)8-15-29/h4-16,18,20,22H,17,19,21H2,1-3H3,(H,33,36). The maximum Gasteiger partial charge on any atom is 0.322 e. The Balaban J connectivity index is 1.61. The Bertz CT molecular complexity index is 1410. The Morgan fingerprint density at radius 3 is 2.41 bits per heavy atom. The molecule has 0 aliphatic carbocycles. The Hall–Kier alpha value is -4.17. The van der Waals surface area contributed by atoms with Gasteiger partial charge in [-0.2, -0.15) is 0 Å². The molecule has 0 fully saturated rings. The molecule has 1 N–H and O–H groups in total. The predicted octanol–water partition coefficient (Wildman–Crippen LogP) is 7.85. The Kier molecular flexibility index (Phi) is 9.33. The lowest BCUT2D eigenvalue weighted by molar-refractivity contribution is -0.385. The minimum atomic E-state index is -0.404. The molecule has 0 aliphatic rings. The van der Waals surface area contributed by atoms with Gasteiger partial charge in [0.2, 0.25) is 0 Å². The van der Waals surface area contributed by atoms with Gasteiger partial charge >= 0.3 is 6.03 Å². The zero-order valence-electron chi connectivity index (χ0n) is 22.3. The van der Waals surface area contributed by atoms with E-state index in [4.69, 9.17) is 0 Å². The van der Waals surface area contributed by atoms with Crippen molar-refractivity contribution in [2.24, 2.45) is 0 Å². The molecule has 0 spiro atoms. The van der Waals surface area contributed by atoms with E-state index in [1.807, 2.05) is 73.7 Å². The summed E-state index contributed by atoms with van der Waals surface area (Å²) < 4.78 is 0. The average Bonchev–Trinajstić information content (AvgIpc) is 2.93. The summed E-state index contributed by atoms with van der Waals surface area (Å²) in [5, 5.41) is 14.6. The van der Waals surface area contributed by atoms with Crippen LogP contribution in [0, 0.1) is 17.0 Å². The van der Waals surface area contributed by atoms with Gasteiger partial charge in [-0.25, -0.2) is 4.79 Å². The van der Waals surface area contributed by atoms with Gasteiger partial charge in [0.25, 0.3) is 5.69 Å². The molecule has 200 valence electrons. The third kappa shape index (κ3) is 7.91. The lowest BCUT2D eigenvalue weighted by Crippen LogP contribution is -2.36. The van der Waals surface area contributed by atoms with Crippen LogP contribution in [0.15, 0.2) is 101 Å². The van der Waals surface area contributed by atoms with E-state index in [1.165, 1.54) is 23.4 Å². The molecule has 4 rings (SSSR count). The number of pyridine rings is 1. The SMILES string of the molecule is Cc1ccc(Sc2ccc([N+](=O)[O-])cc2CN(CCc2ccccn2)C(=O)Nc2ccc(C(C)C)cc2)cc1. The van der Waals surface area contributed by atoms with Crippen LogP contribution < -0.4 is 5.32 Å². The highest BCUT2D eigenvalue weighted by Gasteiger charge is 2.19. The van der Waals surface area contributed by atoms with Gasteiger partial charge in [0, 0.05) is 59.0 Å². The number of nitro benzene ring substituents is 1. The van der Waals surface area contributed by atoms with Crippen molar-refractivity contribution in [2.75, 3.05) is 11.9 Å². The fraction of sp³-hybridized carbons (Fsp3) is 0.226. The number of aryl methyl sites for hydroxylation is 1. The molecular formula is C31H32N4O3S. The maximum absolute atomic E-state index is 13.5. The van der Waals surface area contributed by atoms with Crippen LogP contribution in [0.5, 0.6) is 0 Å². The summed E-state index contributed by atoms with van der Waals surface area (Å²) in [5.74, 6) is 0.392. The minimum Gasteiger partial charge on any atom is -0.320 e. The summed E-state index contributed by atoms with van der Waals surface area (Å²) in [6.45, 7) is 6.87. The average molecular weight is 541 g/mol. The monoisotopic (exact) mass is 540 g/mol. The fourth-order valence-electron chi connectivity index (χ4n) is 4.04. The van der Waals surface area contributed by atoms with Crippen LogP contribution in [-0.4, -0.2) is 27.4 Å². The topological polar surface area (TPSA) is 88.4 Å². The van der Waals surface area contributed by atoms with Crippen molar-refractivity contribution in [3.05, 3.63) is 124 Å². The van der Waals surface area contributed by atoms with Crippen molar-refractivity contribution in [1.29, 1.82) is 0 Å². The summed E-state index contributed by atoms with van der Waals surface area (Å²) in [7, 11) is 0. The molecule has 1 aromatic heterocycles. The Morgan fingerprint density at radius 1 is 1.03 bits per heavy atom. The highest BCUT2D eigenvalue weighted by molar-refractivity contribution is 7.99. The zero-order valence-corrected chi connectivity index (χ0v) is 23.2. The van der Waals surface area contributed by atoms with Gasteiger partial charge in [-0.05, 0) is 66.4 Å². The third-order valence-electron chi connectivity index (χ3n) is 6.34. The molecule has 3 aromatic carbocycles. The van der Waals surface area contributed by atoms with Crippen LogP contribution >= 0.6 is 11.8 Å². The van der Waals surface area contributed by atoms with Gasteiger partial charge in [-0.1, -0.05) is 61.5 Å². The molecule has 8 heteroatoms. The zero-order chi connectivity index (χ0) is 27.8. The van der Waals surface area contributed by atoms with E-state index < -0.39 is 4.92 Å². The van der Waals surface area contributed by atoms with Gasteiger partial charge in [0.05, 0.1) is 4.92 Å². The molecule has 4 aromatic rings. The van der Waals surface area contributed by atoms with E-state index in [0.29, 0.717) is 30.1 Å². The minimum absolute atomic E-state index is 0.00684. The number of rotatable bonds is 10. The van der Waals surface area contributed by atoms with Crippen LogP contribution in [0.3, 0.4) is 0 Å². The number of carbonyl (C=O) groups excluding carboxylic acids is 1. The molecule has 0 aliphatic heterocycles. The molecule has 2 amide bonds. The van der Waals surface area contributed by atoms with Gasteiger partial charge in [-0.3, -0.25) is 15.1 Å². The number of non-ortho nitro benzene ring substituents is 1. The molecule has 7 nitrogen and oxygen atoms in total. The van der Waals surface area contributed by atoms with Crippen molar-refractivity contribution >= 4 is 29.2 Å². The van der Waals surface area contributed by atoms with Crippen LogP contribution in [0.2, 0.25) is 0 Å². The van der Waals surface area contributed by atoms with E-state index >= 15 is 0 Å². The largest absolute Gasteiger partial charge is 0.322 e. The first-order valence-electron chi connectivity index (χ1n) is 12.9. The fourth-order valence-corrected chi connectivity index (χ4v) is 4.96. The molecule has 0 bridgehead atoms. The van der Waals surface area contributed by atoms with Crippen LogP contribution in [0.4, 0.5) is 16.2 Å². The van der Waals surface area contributed by atoms with E-state index in [0.717, 1.165) is 21.0 Å². The number of nitrogens with zero attached hydrogens (tertiary/aromatic N) is 3. The van der Waals surface area contributed by atoms with Crippen LogP contribution in [0.25, 0.3) is 0 Å². The summed E-state index contributed by atoms with van der Waals surface area (Å²) in [4.78, 5) is 32.7. The second kappa shape index (κ2) is 13.1. The van der Waals surface area contributed by atoms with E-state index in [9.17, 15) is 14.9 Å². The number of hydrogen-bond acceptors (Lipinski definition) is 5. The maximum atomic E-state index is 13.5. The normalized spacial score (nSPS) is 10.9. The van der Waals surface area contributed by atoms with Crippen LogP contribution in [-0.2, 0) is 13.0 Å². The number of urea groups is 1. The summed E-state index contributed by atoms with van der Waals surface area (Å²) in [6.07, 6.45) is 2.28. The van der Waals surface area contributed by atoms with Crippen molar-refractivity contribution in [1.82, 2.24) is 9.88 Å². The van der Waals surface area contributed by atoms with Crippen molar-refractivity contribution < 1.29 is 9.72 Å². The van der Waals surface area contributed by atoms with E-state index in [-0.39, 0.29) is 18.3 Å². The number of nitrogens with one attached hydrogen (secondary N) is 1. The van der Waals surface area contributed by atoms with Gasteiger partial charge in [0.1, 0.15) is 0 Å². The Morgan fingerprint density at radius 2 is 1.77 bits per heavy atom. The van der Waals surface area contributed by atoms with Crippen molar-refractivity contribution in [2.45, 2.75) is 49.4 Å². The number of anilines is 1. The Labute approximate surface area is 233 Å². The van der Waals surface area contributed by atoms with Gasteiger partial charge < -0.3 is 10.2 Å². The molecule has 0 radical (unpaired) electrons. The molecule has 1 heterocycles. The highest BCUT2D eigenvalue weighted by Crippen LogP contribution is 2.33. The number of aromatic nitrogens is 1. The summed E-state index contributed by atoms with van der Waals surface area (Å²) in [6, 6.07) is 26.2. The van der Waals surface area contributed by atoms with E-state index in [2.05, 4.69) is 24.1 Å². The molecule has 0 saturated carbocycles. The lowest BCUT2D eigenvalue weighted by Gasteiger charge is -2.24. The molecule has 0 saturated heterocycles. The highest BCUT2D eigenvalue weighted by atomic mass is 32.2. The first-order chi connectivity index (χ1) is 18.8.